The minimum atomic E-state index is -0.734. The smallest absolute Gasteiger partial charge is 0.310 e. The molecule has 2 N–H and O–H groups in total. The van der Waals surface area contributed by atoms with Crippen molar-refractivity contribution in [1.29, 1.82) is 0 Å². The molecule has 198 valence electrons. The minimum absolute atomic E-state index is 0.0370. The Labute approximate surface area is 208 Å². The molecule has 2 rings (SSSR count). The molecule has 0 aromatic carbocycles. The molecule has 0 saturated carbocycles. The van der Waals surface area contributed by atoms with E-state index in [4.69, 9.17) is 5.11 Å². The van der Waals surface area contributed by atoms with Gasteiger partial charge in [0.25, 0.3) is 0 Å². The number of aliphatic carboxylic acids is 2. The van der Waals surface area contributed by atoms with Crippen molar-refractivity contribution >= 4 is 11.9 Å². The molecule has 34 heavy (non-hydrogen) atoms. The third-order valence-electron chi connectivity index (χ3n) is 10.7. The van der Waals surface area contributed by atoms with Crippen molar-refractivity contribution in [2.24, 2.45) is 29.1 Å². The minimum Gasteiger partial charge on any atom is -0.481 e. The van der Waals surface area contributed by atoms with Crippen molar-refractivity contribution in [1.82, 2.24) is 9.80 Å². The number of hydrogen-bond acceptors (Lipinski definition) is 4. The lowest BCUT2D eigenvalue weighted by Gasteiger charge is -2.60. The molecule has 0 aliphatic carbocycles. The Balaban J connectivity index is 2.35. The van der Waals surface area contributed by atoms with E-state index in [1.54, 1.807) is 0 Å². The van der Waals surface area contributed by atoms with Gasteiger partial charge in [0.2, 0.25) is 0 Å². The zero-order valence-corrected chi connectivity index (χ0v) is 23.2. The Kier molecular flexibility index (Phi) is 9.65. The predicted molar refractivity (Wildman–Crippen MR) is 138 cm³/mol. The molecule has 4 unspecified atom stereocenters. The zero-order chi connectivity index (χ0) is 25.9. The van der Waals surface area contributed by atoms with Gasteiger partial charge in [-0.1, -0.05) is 39.5 Å². The van der Waals surface area contributed by atoms with Gasteiger partial charge in [0.05, 0.1) is 5.41 Å². The number of rotatable bonds is 11. The van der Waals surface area contributed by atoms with Crippen LogP contribution in [0.3, 0.4) is 0 Å². The van der Waals surface area contributed by atoms with Crippen LogP contribution in [-0.2, 0) is 9.59 Å². The van der Waals surface area contributed by atoms with Crippen molar-refractivity contribution in [2.45, 2.75) is 110 Å². The summed E-state index contributed by atoms with van der Waals surface area (Å²) in [7, 11) is 4.35. The van der Waals surface area contributed by atoms with Crippen molar-refractivity contribution in [2.75, 3.05) is 27.2 Å². The third kappa shape index (κ3) is 5.64. The Bertz CT molecular complexity index is 669. The lowest BCUT2D eigenvalue weighted by Crippen LogP contribution is -2.64. The lowest BCUT2D eigenvalue weighted by molar-refractivity contribution is -0.177. The maximum atomic E-state index is 13.4. The van der Waals surface area contributed by atoms with Crippen LogP contribution in [0.5, 0.6) is 0 Å². The van der Waals surface area contributed by atoms with Crippen LogP contribution in [0.25, 0.3) is 0 Å². The van der Waals surface area contributed by atoms with Crippen LogP contribution >= 0.6 is 0 Å². The van der Waals surface area contributed by atoms with E-state index in [9.17, 15) is 14.7 Å². The number of carboxylic acids is 2. The highest BCUT2D eigenvalue weighted by Gasteiger charge is 2.60. The molecule has 0 amide bonds. The van der Waals surface area contributed by atoms with E-state index >= 15 is 0 Å². The van der Waals surface area contributed by atoms with Crippen molar-refractivity contribution < 1.29 is 19.8 Å². The molecule has 0 aromatic rings. The molecule has 2 saturated heterocycles. The summed E-state index contributed by atoms with van der Waals surface area (Å²) in [6.45, 7) is 15.6. The number of carboxylic acid groups (broad SMARTS) is 2. The highest BCUT2D eigenvalue weighted by molar-refractivity contribution is 5.76. The molecule has 2 heterocycles. The summed E-state index contributed by atoms with van der Waals surface area (Å²) in [5, 5.41) is 19.9. The normalized spacial score (nSPS) is 31.6. The first-order chi connectivity index (χ1) is 15.7. The number of piperidine rings is 2. The van der Waals surface area contributed by atoms with Gasteiger partial charge in [-0.25, -0.2) is 0 Å². The maximum absolute atomic E-state index is 13.4. The molecule has 6 heteroatoms. The van der Waals surface area contributed by atoms with E-state index in [2.05, 4.69) is 65.4 Å². The van der Waals surface area contributed by atoms with Crippen LogP contribution in [0, 0.1) is 29.1 Å². The first-order valence-electron chi connectivity index (χ1n) is 13.6. The van der Waals surface area contributed by atoms with E-state index in [0.717, 1.165) is 58.0 Å². The lowest BCUT2D eigenvalue weighted by atomic mass is 9.50. The Morgan fingerprint density at radius 1 is 0.794 bits per heavy atom. The molecule has 4 atom stereocenters. The topological polar surface area (TPSA) is 81.1 Å². The van der Waals surface area contributed by atoms with Gasteiger partial charge in [0, 0.05) is 17.5 Å². The molecule has 0 bridgehead atoms. The van der Waals surface area contributed by atoms with Gasteiger partial charge in [-0.15, -0.1) is 0 Å². The first-order valence-corrected chi connectivity index (χ1v) is 13.6. The van der Waals surface area contributed by atoms with E-state index in [0.29, 0.717) is 6.42 Å². The summed E-state index contributed by atoms with van der Waals surface area (Å²) in [5.41, 5.74) is -0.799. The molecule has 2 aliphatic heterocycles. The molecule has 6 nitrogen and oxygen atoms in total. The van der Waals surface area contributed by atoms with Crippen LogP contribution in [0.4, 0.5) is 0 Å². The van der Waals surface area contributed by atoms with Gasteiger partial charge in [-0.05, 0) is 104 Å². The van der Waals surface area contributed by atoms with Crippen LogP contribution in [0.1, 0.15) is 99.3 Å². The number of unbranched alkanes of at least 4 members (excludes halogenated alkanes) is 4. The van der Waals surface area contributed by atoms with Crippen molar-refractivity contribution in [3.8, 4) is 0 Å². The summed E-state index contributed by atoms with van der Waals surface area (Å²) < 4.78 is 0. The van der Waals surface area contributed by atoms with Crippen molar-refractivity contribution in [3.05, 3.63) is 0 Å². The average Bonchev–Trinajstić information content (AvgIpc) is 2.74. The second-order valence-electron chi connectivity index (χ2n) is 12.5. The predicted octanol–water partition coefficient (Wildman–Crippen LogP) is 5.61. The van der Waals surface area contributed by atoms with E-state index in [-0.39, 0.29) is 41.2 Å². The van der Waals surface area contributed by atoms with E-state index in [1.807, 2.05) is 0 Å². The maximum Gasteiger partial charge on any atom is 0.310 e. The molecular formula is C28H52N2O4. The number of likely N-dealkylation sites (tertiary alicyclic amines) is 2. The molecule has 2 fully saturated rings. The summed E-state index contributed by atoms with van der Waals surface area (Å²) in [4.78, 5) is 29.0. The van der Waals surface area contributed by atoms with E-state index < -0.39 is 17.4 Å². The van der Waals surface area contributed by atoms with E-state index in [1.165, 1.54) is 0 Å². The number of hydrogen-bond donors (Lipinski definition) is 2. The van der Waals surface area contributed by atoms with Gasteiger partial charge in [-0.3, -0.25) is 9.59 Å². The van der Waals surface area contributed by atoms with Gasteiger partial charge in [0.1, 0.15) is 0 Å². The fourth-order valence-electron chi connectivity index (χ4n) is 7.12. The van der Waals surface area contributed by atoms with Gasteiger partial charge in [0.15, 0.2) is 0 Å². The monoisotopic (exact) mass is 480 g/mol. The Morgan fingerprint density at radius 3 is 1.62 bits per heavy atom. The first kappa shape index (κ1) is 29.1. The Hall–Kier alpha value is -1.14. The highest BCUT2D eigenvalue weighted by atomic mass is 16.4. The quantitative estimate of drug-likeness (QED) is 0.374. The van der Waals surface area contributed by atoms with Crippen LogP contribution < -0.4 is 0 Å². The summed E-state index contributed by atoms with van der Waals surface area (Å²) in [6, 6.07) is 0. The molecule has 0 aromatic heterocycles. The van der Waals surface area contributed by atoms with Crippen LogP contribution in [-0.4, -0.2) is 70.2 Å². The second-order valence-corrected chi connectivity index (χ2v) is 12.5. The van der Waals surface area contributed by atoms with Crippen LogP contribution in [0.2, 0.25) is 0 Å². The third-order valence-corrected chi connectivity index (χ3v) is 10.7. The number of carbonyl (C=O) groups is 2. The second kappa shape index (κ2) is 11.3. The summed E-state index contributed by atoms with van der Waals surface area (Å²) in [6.07, 6.45) is 7.29. The zero-order valence-electron chi connectivity index (χ0n) is 23.2. The van der Waals surface area contributed by atoms with Gasteiger partial charge in [-0.2, -0.15) is 0 Å². The molecule has 0 radical (unpaired) electrons. The van der Waals surface area contributed by atoms with Gasteiger partial charge < -0.3 is 20.0 Å². The SMILES string of the molecule is CC1C(C(CCCCCCCC(=O)O)(C(=O)O)C2CCN(C)C(C)(C)C2C)CCN(C)C1(C)C. The van der Waals surface area contributed by atoms with Crippen molar-refractivity contribution in [3.63, 3.8) is 0 Å². The highest BCUT2D eigenvalue weighted by Crippen LogP contribution is 2.57. The number of nitrogens with zero attached hydrogens (tertiary/aromatic N) is 2. The molecular weight excluding hydrogens is 428 g/mol. The fourth-order valence-corrected chi connectivity index (χ4v) is 7.12. The standard InChI is InChI=1S/C28H52N2O4/c1-20-22(15-18-29(7)26(20,3)4)28(25(33)34,17-13-11-9-10-12-14-24(31)32)23-16-19-30(8)27(5,6)21(23)2/h20-23H,9-19H2,1-8H3,(H,31,32)(H,33,34). The summed E-state index contributed by atoms with van der Waals surface area (Å²) in [5.74, 6) is -0.457. The summed E-state index contributed by atoms with van der Waals surface area (Å²) >= 11 is 0. The average molecular weight is 481 g/mol. The molecule has 0 spiro atoms. The Morgan fingerprint density at radius 2 is 1.21 bits per heavy atom. The largest absolute Gasteiger partial charge is 0.481 e. The fraction of sp³-hybridized carbons (Fsp3) is 0.929. The van der Waals surface area contributed by atoms with Crippen LogP contribution in [0.15, 0.2) is 0 Å². The van der Waals surface area contributed by atoms with Gasteiger partial charge >= 0.3 is 11.9 Å². The molecule has 2 aliphatic rings.